The molecule has 0 unspecified atom stereocenters. The molecule has 0 aromatic heterocycles. The van der Waals surface area contributed by atoms with E-state index in [1.807, 2.05) is 43.3 Å². The van der Waals surface area contributed by atoms with Gasteiger partial charge in [0.1, 0.15) is 5.75 Å². The molecule has 3 rings (SSSR count). The van der Waals surface area contributed by atoms with Crippen molar-refractivity contribution in [3.8, 4) is 5.75 Å². The molecule has 0 saturated carbocycles. The number of halogens is 2. The van der Waals surface area contributed by atoms with Crippen molar-refractivity contribution in [3.05, 3.63) is 85.8 Å². The number of anilines is 2. The van der Waals surface area contributed by atoms with E-state index in [2.05, 4.69) is 74.5 Å². The Kier molecular flexibility index (Phi) is 7.56. The monoisotopic (exact) mass is 530 g/mol. The highest BCUT2D eigenvalue weighted by Crippen LogP contribution is 2.35. The third-order valence-electron chi connectivity index (χ3n) is 4.57. The number of rotatable bonds is 7. The predicted molar refractivity (Wildman–Crippen MR) is 130 cm³/mol. The van der Waals surface area contributed by atoms with Gasteiger partial charge in [-0.15, -0.1) is 0 Å². The van der Waals surface area contributed by atoms with E-state index in [0.29, 0.717) is 12.3 Å². The van der Waals surface area contributed by atoms with Gasteiger partial charge in [0, 0.05) is 17.9 Å². The van der Waals surface area contributed by atoms with Gasteiger partial charge in [-0.25, -0.2) is 0 Å². The van der Waals surface area contributed by atoms with Crippen LogP contribution in [0.15, 0.2) is 63.5 Å². The maximum Gasteiger partial charge on any atom is 0.262 e. The molecule has 0 heterocycles. The Morgan fingerprint density at radius 1 is 0.933 bits per heavy atom. The summed E-state index contributed by atoms with van der Waals surface area (Å²) in [7, 11) is 0. The number of hydrogen-bond acceptors (Lipinski definition) is 3. The highest BCUT2D eigenvalue weighted by atomic mass is 79.9. The first-order chi connectivity index (χ1) is 14.3. The molecule has 0 aliphatic rings. The number of nitrogens with one attached hydrogen (secondary N) is 2. The summed E-state index contributed by atoms with van der Waals surface area (Å²) < 4.78 is 7.33. The summed E-state index contributed by atoms with van der Waals surface area (Å²) in [5.74, 6) is 0.393. The van der Waals surface area contributed by atoms with E-state index < -0.39 is 0 Å². The van der Waals surface area contributed by atoms with Crippen LogP contribution in [0.4, 0.5) is 11.4 Å². The van der Waals surface area contributed by atoms with E-state index in [1.165, 1.54) is 11.1 Å². The SMILES string of the molecule is Cc1cccc(NC(=O)COc2c(Br)cc(CNc3ccc(C)cc3C)cc2Br)c1. The average Bonchev–Trinajstić information content (AvgIpc) is 2.66. The highest BCUT2D eigenvalue weighted by molar-refractivity contribution is 9.11. The molecule has 0 aliphatic carbocycles. The zero-order valence-corrected chi connectivity index (χ0v) is 20.4. The fourth-order valence-electron chi connectivity index (χ4n) is 3.12. The lowest BCUT2D eigenvalue weighted by Crippen LogP contribution is -2.20. The number of benzene rings is 3. The maximum atomic E-state index is 12.2. The number of carbonyl (C=O) groups is 1. The van der Waals surface area contributed by atoms with E-state index >= 15 is 0 Å². The largest absolute Gasteiger partial charge is 0.481 e. The summed E-state index contributed by atoms with van der Waals surface area (Å²) in [5, 5.41) is 6.31. The number of aryl methyl sites for hydroxylation is 3. The molecular formula is C24H24Br2N2O2. The number of ether oxygens (including phenoxy) is 1. The van der Waals surface area contributed by atoms with Gasteiger partial charge >= 0.3 is 0 Å². The summed E-state index contributed by atoms with van der Waals surface area (Å²) >= 11 is 7.12. The first kappa shape index (κ1) is 22.4. The lowest BCUT2D eigenvalue weighted by molar-refractivity contribution is -0.118. The first-order valence-corrected chi connectivity index (χ1v) is 11.2. The van der Waals surface area contributed by atoms with E-state index in [1.54, 1.807) is 0 Å². The molecule has 0 bridgehead atoms. The van der Waals surface area contributed by atoms with Crippen LogP contribution in [0.1, 0.15) is 22.3 Å². The predicted octanol–water partition coefficient (Wildman–Crippen LogP) is 6.77. The molecule has 0 spiro atoms. The minimum atomic E-state index is -0.208. The second kappa shape index (κ2) is 10.1. The van der Waals surface area contributed by atoms with Crippen LogP contribution >= 0.6 is 31.9 Å². The van der Waals surface area contributed by atoms with Crippen LogP contribution in [0.2, 0.25) is 0 Å². The van der Waals surface area contributed by atoms with Crippen molar-refractivity contribution in [1.82, 2.24) is 0 Å². The Balaban J connectivity index is 1.60. The third-order valence-corrected chi connectivity index (χ3v) is 5.75. The molecule has 0 saturated heterocycles. The quantitative estimate of drug-likeness (QED) is 0.354. The lowest BCUT2D eigenvalue weighted by Gasteiger charge is -2.14. The Morgan fingerprint density at radius 2 is 1.63 bits per heavy atom. The van der Waals surface area contributed by atoms with Crippen LogP contribution < -0.4 is 15.4 Å². The molecule has 30 heavy (non-hydrogen) atoms. The van der Waals surface area contributed by atoms with Gasteiger partial charge in [0.05, 0.1) is 8.95 Å². The molecule has 156 valence electrons. The minimum absolute atomic E-state index is 0.0781. The van der Waals surface area contributed by atoms with Gasteiger partial charge in [-0.3, -0.25) is 4.79 Å². The van der Waals surface area contributed by atoms with Gasteiger partial charge < -0.3 is 15.4 Å². The lowest BCUT2D eigenvalue weighted by atomic mass is 10.1. The smallest absolute Gasteiger partial charge is 0.262 e. The molecule has 1 amide bonds. The van der Waals surface area contributed by atoms with Gasteiger partial charge in [0.25, 0.3) is 5.91 Å². The molecular weight excluding hydrogens is 508 g/mol. The highest BCUT2D eigenvalue weighted by Gasteiger charge is 2.12. The van der Waals surface area contributed by atoms with Crippen molar-refractivity contribution in [2.24, 2.45) is 0 Å². The van der Waals surface area contributed by atoms with Crippen molar-refractivity contribution < 1.29 is 9.53 Å². The van der Waals surface area contributed by atoms with Gasteiger partial charge in [-0.1, -0.05) is 29.8 Å². The molecule has 0 atom stereocenters. The van der Waals surface area contributed by atoms with E-state index in [-0.39, 0.29) is 12.5 Å². The molecule has 4 nitrogen and oxygen atoms in total. The Labute approximate surface area is 194 Å². The zero-order valence-electron chi connectivity index (χ0n) is 17.2. The second-order valence-electron chi connectivity index (χ2n) is 7.27. The topological polar surface area (TPSA) is 50.4 Å². The summed E-state index contributed by atoms with van der Waals surface area (Å²) in [6, 6.07) is 18.0. The average molecular weight is 532 g/mol. The molecule has 3 aromatic carbocycles. The normalized spacial score (nSPS) is 10.6. The van der Waals surface area contributed by atoms with E-state index in [4.69, 9.17) is 4.74 Å². The number of hydrogen-bond donors (Lipinski definition) is 2. The number of amides is 1. The fourth-order valence-corrected chi connectivity index (χ4v) is 4.63. The minimum Gasteiger partial charge on any atom is -0.481 e. The maximum absolute atomic E-state index is 12.2. The van der Waals surface area contributed by atoms with Crippen LogP contribution in [0, 0.1) is 20.8 Å². The molecule has 3 aromatic rings. The van der Waals surface area contributed by atoms with Crippen LogP contribution in [0.25, 0.3) is 0 Å². The van der Waals surface area contributed by atoms with E-state index in [9.17, 15) is 4.79 Å². The van der Waals surface area contributed by atoms with Gasteiger partial charge in [-0.05, 0) is 99.7 Å². The summed E-state index contributed by atoms with van der Waals surface area (Å²) in [6.07, 6.45) is 0. The van der Waals surface area contributed by atoms with Crippen LogP contribution in [-0.4, -0.2) is 12.5 Å². The van der Waals surface area contributed by atoms with E-state index in [0.717, 1.165) is 31.4 Å². The standard InChI is InChI=1S/C24H24Br2N2O2/c1-15-5-4-6-19(10-15)28-23(29)14-30-24-20(25)11-18(12-21(24)26)13-27-22-8-7-16(2)9-17(22)3/h4-12,27H,13-14H2,1-3H3,(H,28,29). The van der Waals surface area contributed by atoms with Crippen molar-refractivity contribution in [2.45, 2.75) is 27.3 Å². The van der Waals surface area contributed by atoms with Crippen LogP contribution in [0.5, 0.6) is 5.75 Å². The van der Waals surface area contributed by atoms with Crippen molar-refractivity contribution in [3.63, 3.8) is 0 Å². The van der Waals surface area contributed by atoms with Gasteiger partial charge in [0.15, 0.2) is 6.61 Å². The third kappa shape index (κ3) is 6.09. The molecule has 0 aliphatic heterocycles. The summed E-state index contributed by atoms with van der Waals surface area (Å²) in [6.45, 7) is 6.77. The van der Waals surface area contributed by atoms with Gasteiger partial charge in [-0.2, -0.15) is 0 Å². The zero-order chi connectivity index (χ0) is 21.7. The Bertz CT molecular complexity index is 1040. The van der Waals surface area contributed by atoms with Gasteiger partial charge in [0.2, 0.25) is 0 Å². The molecule has 0 fully saturated rings. The molecule has 2 N–H and O–H groups in total. The Hall–Kier alpha value is -2.31. The number of carbonyl (C=O) groups excluding carboxylic acids is 1. The molecule has 6 heteroatoms. The molecule has 0 radical (unpaired) electrons. The van der Waals surface area contributed by atoms with Crippen molar-refractivity contribution in [1.29, 1.82) is 0 Å². The first-order valence-electron chi connectivity index (χ1n) is 9.60. The summed E-state index contributed by atoms with van der Waals surface area (Å²) in [4.78, 5) is 12.2. The second-order valence-corrected chi connectivity index (χ2v) is 8.98. The Morgan fingerprint density at radius 3 is 2.30 bits per heavy atom. The summed E-state index contributed by atoms with van der Waals surface area (Å²) in [5.41, 5.74) is 6.51. The van der Waals surface area contributed by atoms with Crippen LogP contribution in [-0.2, 0) is 11.3 Å². The van der Waals surface area contributed by atoms with Crippen molar-refractivity contribution in [2.75, 3.05) is 17.2 Å². The fraction of sp³-hybridized carbons (Fsp3) is 0.208. The van der Waals surface area contributed by atoms with Crippen molar-refractivity contribution >= 4 is 49.1 Å². The van der Waals surface area contributed by atoms with Crippen LogP contribution in [0.3, 0.4) is 0 Å².